The molecule has 1 atom stereocenters. The van der Waals surface area contributed by atoms with Gasteiger partial charge in [0.05, 0.1) is 13.2 Å². The van der Waals surface area contributed by atoms with Crippen molar-refractivity contribution in [2.24, 2.45) is 0 Å². The minimum Gasteiger partial charge on any atom is -0.466 e. The van der Waals surface area contributed by atoms with Gasteiger partial charge in [0.2, 0.25) is 5.91 Å². The number of hydrogen-bond donors (Lipinski definition) is 0. The van der Waals surface area contributed by atoms with Crippen LogP contribution in [0.3, 0.4) is 0 Å². The second kappa shape index (κ2) is 10.3. The fourth-order valence-corrected chi connectivity index (χ4v) is 3.49. The van der Waals surface area contributed by atoms with Crippen molar-refractivity contribution in [1.82, 2.24) is 4.90 Å². The van der Waals surface area contributed by atoms with Gasteiger partial charge < -0.3 is 9.64 Å². The van der Waals surface area contributed by atoms with E-state index in [0.29, 0.717) is 25.8 Å². The third kappa shape index (κ3) is 5.77. The fraction of sp³-hybridized carbons (Fsp3) is 0.240. The maximum atomic E-state index is 12.5. The van der Waals surface area contributed by atoms with Crippen molar-refractivity contribution in [3.63, 3.8) is 0 Å². The molecule has 0 aliphatic carbocycles. The van der Waals surface area contributed by atoms with E-state index in [9.17, 15) is 14.4 Å². The molecular weight excluding hydrogens is 378 g/mol. The summed E-state index contributed by atoms with van der Waals surface area (Å²) in [5.74, 6) is -0.353. The van der Waals surface area contributed by atoms with Crippen molar-refractivity contribution < 1.29 is 19.1 Å². The Hall–Kier alpha value is -3.47. The molecule has 0 spiro atoms. The minimum absolute atomic E-state index is 0.0157. The molecule has 154 valence electrons. The van der Waals surface area contributed by atoms with Gasteiger partial charge in [-0.2, -0.15) is 0 Å². The quantitative estimate of drug-likeness (QED) is 0.498. The molecule has 2 aromatic rings. The van der Waals surface area contributed by atoms with E-state index >= 15 is 0 Å². The van der Waals surface area contributed by atoms with Crippen molar-refractivity contribution in [2.45, 2.75) is 31.8 Å². The SMILES string of the molecule is COC(=O)C=Cc1ccccc1CN1C(=O)CC[C@@H]1C=CC(=O)Cc1ccccc1. The molecule has 2 aromatic carbocycles. The number of ketones is 1. The van der Waals surface area contributed by atoms with Gasteiger partial charge >= 0.3 is 5.97 Å². The summed E-state index contributed by atoms with van der Waals surface area (Å²) in [4.78, 5) is 38.0. The highest BCUT2D eigenvalue weighted by Gasteiger charge is 2.29. The van der Waals surface area contributed by atoms with Crippen LogP contribution in [0.5, 0.6) is 0 Å². The maximum Gasteiger partial charge on any atom is 0.330 e. The van der Waals surface area contributed by atoms with Gasteiger partial charge in [0.1, 0.15) is 0 Å². The van der Waals surface area contributed by atoms with Crippen LogP contribution in [-0.4, -0.2) is 35.7 Å². The lowest BCUT2D eigenvalue weighted by molar-refractivity contribution is -0.134. The Morgan fingerprint density at radius 1 is 1.07 bits per heavy atom. The number of ether oxygens (including phenoxy) is 1. The zero-order chi connectivity index (χ0) is 21.3. The second-order valence-corrected chi connectivity index (χ2v) is 7.17. The van der Waals surface area contributed by atoms with Gasteiger partial charge in [-0.1, -0.05) is 60.7 Å². The van der Waals surface area contributed by atoms with E-state index in [1.807, 2.05) is 60.7 Å². The van der Waals surface area contributed by atoms with Gasteiger partial charge in [-0.15, -0.1) is 0 Å². The van der Waals surface area contributed by atoms with Gasteiger partial charge in [0, 0.05) is 25.5 Å². The molecule has 0 aromatic heterocycles. The monoisotopic (exact) mass is 403 g/mol. The summed E-state index contributed by atoms with van der Waals surface area (Å²) in [6.07, 6.45) is 7.98. The zero-order valence-electron chi connectivity index (χ0n) is 17.0. The number of hydrogen-bond acceptors (Lipinski definition) is 4. The van der Waals surface area contributed by atoms with Gasteiger partial charge in [0.25, 0.3) is 0 Å². The molecule has 5 heteroatoms. The van der Waals surface area contributed by atoms with Crippen LogP contribution in [0.15, 0.2) is 72.8 Å². The molecule has 1 saturated heterocycles. The van der Waals surface area contributed by atoms with Gasteiger partial charge in [-0.05, 0) is 35.3 Å². The predicted octanol–water partition coefficient (Wildman–Crippen LogP) is 3.73. The lowest BCUT2D eigenvalue weighted by atomic mass is 10.1. The highest BCUT2D eigenvalue weighted by atomic mass is 16.5. The van der Waals surface area contributed by atoms with Crippen LogP contribution in [0.4, 0.5) is 0 Å². The molecule has 1 fully saturated rings. The van der Waals surface area contributed by atoms with Crippen molar-refractivity contribution in [1.29, 1.82) is 0 Å². The number of nitrogens with zero attached hydrogens (tertiary/aromatic N) is 1. The number of benzene rings is 2. The van der Waals surface area contributed by atoms with Gasteiger partial charge in [-0.25, -0.2) is 4.79 Å². The molecule has 0 saturated carbocycles. The number of esters is 1. The van der Waals surface area contributed by atoms with E-state index < -0.39 is 5.97 Å². The highest BCUT2D eigenvalue weighted by molar-refractivity contribution is 5.91. The summed E-state index contributed by atoms with van der Waals surface area (Å²) >= 11 is 0. The van der Waals surface area contributed by atoms with E-state index in [4.69, 9.17) is 0 Å². The van der Waals surface area contributed by atoms with Crippen LogP contribution in [0.25, 0.3) is 6.08 Å². The number of carbonyl (C=O) groups is 3. The normalized spacial score (nSPS) is 16.5. The van der Waals surface area contributed by atoms with Crippen LogP contribution in [0.2, 0.25) is 0 Å². The lowest BCUT2D eigenvalue weighted by Gasteiger charge is -2.23. The average Bonchev–Trinajstić information content (AvgIpc) is 3.11. The Labute approximate surface area is 176 Å². The van der Waals surface area contributed by atoms with Crippen LogP contribution >= 0.6 is 0 Å². The highest BCUT2D eigenvalue weighted by Crippen LogP contribution is 2.24. The molecule has 0 unspecified atom stereocenters. The minimum atomic E-state index is -0.431. The topological polar surface area (TPSA) is 63.7 Å². The first-order valence-corrected chi connectivity index (χ1v) is 9.95. The maximum absolute atomic E-state index is 12.5. The third-order valence-corrected chi connectivity index (χ3v) is 5.10. The molecule has 5 nitrogen and oxygen atoms in total. The average molecular weight is 403 g/mol. The summed E-state index contributed by atoms with van der Waals surface area (Å²) in [5.41, 5.74) is 2.75. The van der Waals surface area contributed by atoms with Crippen LogP contribution in [-0.2, 0) is 32.1 Å². The summed E-state index contributed by atoms with van der Waals surface area (Å²) in [7, 11) is 1.33. The summed E-state index contributed by atoms with van der Waals surface area (Å²) in [5, 5.41) is 0. The smallest absolute Gasteiger partial charge is 0.330 e. The first-order chi connectivity index (χ1) is 14.6. The molecular formula is C25H25NO4. The molecule has 0 radical (unpaired) electrons. The van der Waals surface area contributed by atoms with Crippen LogP contribution < -0.4 is 0 Å². The molecule has 1 heterocycles. The van der Waals surface area contributed by atoms with E-state index in [1.54, 1.807) is 17.1 Å². The van der Waals surface area contributed by atoms with E-state index in [2.05, 4.69) is 4.74 Å². The van der Waals surface area contributed by atoms with Crippen molar-refractivity contribution in [3.05, 3.63) is 89.5 Å². The first kappa shape index (κ1) is 21.2. The Morgan fingerprint density at radius 3 is 2.57 bits per heavy atom. The number of amides is 1. The summed E-state index contributed by atoms with van der Waals surface area (Å²) in [6, 6.07) is 17.1. The fourth-order valence-electron chi connectivity index (χ4n) is 3.49. The number of allylic oxidation sites excluding steroid dienone is 1. The molecule has 1 amide bonds. The van der Waals surface area contributed by atoms with Crippen LogP contribution in [0.1, 0.15) is 29.5 Å². The molecule has 3 rings (SSSR count). The molecule has 1 aliphatic heterocycles. The molecule has 1 aliphatic rings. The Bertz CT molecular complexity index is 962. The molecule has 0 bridgehead atoms. The van der Waals surface area contributed by atoms with E-state index in [-0.39, 0.29) is 17.7 Å². The Morgan fingerprint density at radius 2 is 1.80 bits per heavy atom. The van der Waals surface area contributed by atoms with Crippen molar-refractivity contribution in [2.75, 3.05) is 7.11 Å². The zero-order valence-corrected chi connectivity index (χ0v) is 17.0. The standard InChI is InChI=1S/C25H25NO4/c1-30-25(29)16-11-20-9-5-6-10-21(20)18-26-22(13-15-24(26)28)12-14-23(27)17-19-7-3-2-4-8-19/h2-12,14,16,22H,13,15,17-18H2,1H3/t22-/m0/s1. The van der Waals surface area contributed by atoms with Gasteiger partial charge in [-0.3, -0.25) is 9.59 Å². The van der Waals surface area contributed by atoms with E-state index in [0.717, 1.165) is 16.7 Å². The number of carbonyl (C=O) groups excluding carboxylic acids is 3. The van der Waals surface area contributed by atoms with Gasteiger partial charge in [0.15, 0.2) is 5.78 Å². The molecule has 30 heavy (non-hydrogen) atoms. The second-order valence-electron chi connectivity index (χ2n) is 7.17. The van der Waals surface area contributed by atoms with E-state index in [1.165, 1.54) is 13.2 Å². The van der Waals surface area contributed by atoms with Crippen molar-refractivity contribution in [3.8, 4) is 0 Å². The lowest BCUT2D eigenvalue weighted by Crippen LogP contribution is -2.31. The Balaban J connectivity index is 1.69. The summed E-state index contributed by atoms with van der Waals surface area (Å²) < 4.78 is 4.64. The third-order valence-electron chi connectivity index (χ3n) is 5.10. The van der Waals surface area contributed by atoms with Crippen molar-refractivity contribution >= 4 is 23.7 Å². The summed E-state index contributed by atoms with van der Waals surface area (Å²) in [6.45, 7) is 0.419. The predicted molar refractivity (Wildman–Crippen MR) is 115 cm³/mol. The number of likely N-dealkylation sites (tertiary alicyclic amines) is 1. The Kier molecular flexibility index (Phi) is 7.33. The molecule has 0 N–H and O–H groups in total. The van der Waals surface area contributed by atoms with Crippen LogP contribution in [0, 0.1) is 0 Å². The number of rotatable bonds is 8. The largest absolute Gasteiger partial charge is 0.466 e. The first-order valence-electron chi connectivity index (χ1n) is 9.95. The number of methoxy groups -OCH3 is 1.